The summed E-state index contributed by atoms with van der Waals surface area (Å²) in [7, 11) is 4.34. The topological polar surface area (TPSA) is 85.3 Å². The second-order valence-corrected chi connectivity index (χ2v) is 7.84. The van der Waals surface area contributed by atoms with Crippen LogP contribution in [-0.4, -0.2) is 38.1 Å². The predicted molar refractivity (Wildman–Crippen MR) is 129 cm³/mol. The quantitative estimate of drug-likeness (QED) is 0.304. The average molecular weight is 480 g/mol. The molecule has 1 amide bonds. The molecule has 1 saturated heterocycles. The Morgan fingerprint density at radius 1 is 0.853 bits per heavy atom. The Labute approximate surface area is 201 Å². The summed E-state index contributed by atoms with van der Waals surface area (Å²) >= 11 is 6.22. The van der Waals surface area contributed by atoms with Gasteiger partial charge in [0.05, 0.1) is 43.5 Å². The molecule has 0 radical (unpaired) electrons. The lowest BCUT2D eigenvalue weighted by atomic mass is 9.94. The van der Waals surface area contributed by atoms with Crippen molar-refractivity contribution < 1.29 is 28.9 Å². The van der Waals surface area contributed by atoms with Gasteiger partial charge in [0.2, 0.25) is 0 Å². The molecule has 1 atom stereocenters. The summed E-state index contributed by atoms with van der Waals surface area (Å²) in [6.07, 6.45) is 0. The fourth-order valence-electron chi connectivity index (χ4n) is 4.06. The lowest BCUT2D eigenvalue weighted by molar-refractivity contribution is -0.132. The first-order valence-corrected chi connectivity index (χ1v) is 10.7. The number of para-hydroxylation sites is 2. The molecule has 0 saturated carbocycles. The van der Waals surface area contributed by atoms with Gasteiger partial charge in [0.1, 0.15) is 23.0 Å². The second kappa shape index (κ2) is 9.49. The maximum absolute atomic E-state index is 13.4. The first-order valence-electron chi connectivity index (χ1n) is 10.3. The number of ketones is 1. The van der Waals surface area contributed by atoms with Crippen molar-refractivity contribution in [2.24, 2.45) is 0 Å². The Kier molecular flexibility index (Phi) is 6.47. The van der Waals surface area contributed by atoms with Crippen LogP contribution in [0.5, 0.6) is 17.2 Å². The van der Waals surface area contributed by atoms with Gasteiger partial charge in [-0.2, -0.15) is 0 Å². The molecule has 1 unspecified atom stereocenters. The molecule has 1 aliphatic heterocycles. The Morgan fingerprint density at radius 3 is 2.12 bits per heavy atom. The van der Waals surface area contributed by atoms with Crippen LogP contribution in [0, 0.1) is 0 Å². The molecule has 0 bridgehead atoms. The summed E-state index contributed by atoms with van der Waals surface area (Å²) in [6.45, 7) is 0. The number of hydrogen-bond acceptors (Lipinski definition) is 6. The molecule has 3 aromatic carbocycles. The van der Waals surface area contributed by atoms with Crippen molar-refractivity contribution in [2.45, 2.75) is 6.04 Å². The average Bonchev–Trinajstić information content (AvgIpc) is 3.13. The number of benzene rings is 3. The number of Topliss-reactive ketones (excluding diaryl/α,β-unsaturated/α-hetero) is 1. The van der Waals surface area contributed by atoms with E-state index in [0.29, 0.717) is 17.0 Å². The van der Waals surface area contributed by atoms with E-state index in [1.54, 1.807) is 48.5 Å². The summed E-state index contributed by atoms with van der Waals surface area (Å²) in [5.41, 5.74) is 1.09. The highest BCUT2D eigenvalue weighted by Gasteiger charge is 2.48. The van der Waals surface area contributed by atoms with Crippen LogP contribution in [0.25, 0.3) is 5.76 Å². The lowest BCUT2D eigenvalue weighted by Crippen LogP contribution is -2.29. The van der Waals surface area contributed by atoms with Gasteiger partial charge in [-0.1, -0.05) is 48.0 Å². The van der Waals surface area contributed by atoms with Gasteiger partial charge in [0.25, 0.3) is 11.7 Å². The molecule has 1 aliphatic rings. The summed E-state index contributed by atoms with van der Waals surface area (Å²) in [5.74, 6) is -1.08. The number of hydrogen-bond donors (Lipinski definition) is 1. The van der Waals surface area contributed by atoms with E-state index in [4.69, 9.17) is 25.8 Å². The van der Waals surface area contributed by atoms with Crippen molar-refractivity contribution >= 4 is 34.7 Å². The highest BCUT2D eigenvalue weighted by Crippen LogP contribution is 2.46. The molecule has 3 aromatic rings. The van der Waals surface area contributed by atoms with Crippen molar-refractivity contribution in [3.05, 3.63) is 88.5 Å². The number of carbonyl (C=O) groups is 2. The third kappa shape index (κ3) is 3.84. The van der Waals surface area contributed by atoms with Crippen LogP contribution in [0.3, 0.4) is 0 Å². The fourth-order valence-corrected chi connectivity index (χ4v) is 4.30. The van der Waals surface area contributed by atoms with Crippen LogP contribution in [0.4, 0.5) is 5.69 Å². The number of carbonyl (C=O) groups excluding carboxylic acids is 2. The molecular weight excluding hydrogens is 458 g/mol. The number of aliphatic hydroxyl groups is 1. The summed E-state index contributed by atoms with van der Waals surface area (Å²) in [6, 6.07) is 17.8. The van der Waals surface area contributed by atoms with Crippen molar-refractivity contribution in [3.63, 3.8) is 0 Å². The zero-order valence-electron chi connectivity index (χ0n) is 18.7. The summed E-state index contributed by atoms with van der Waals surface area (Å²) < 4.78 is 16.2. The largest absolute Gasteiger partial charge is 0.507 e. The number of nitrogens with zero attached hydrogens (tertiary/aromatic N) is 1. The van der Waals surface area contributed by atoms with E-state index < -0.39 is 23.5 Å². The van der Waals surface area contributed by atoms with E-state index in [1.807, 2.05) is 6.07 Å². The number of aliphatic hydroxyl groups excluding tert-OH is 1. The van der Waals surface area contributed by atoms with Crippen molar-refractivity contribution in [3.8, 4) is 17.2 Å². The van der Waals surface area contributed by atoms with Crippen molar-refractivity contribution in [2.75, 3.05) is 26.2 Å². The minimum absolute atomic E-state index is 0.110. The van der Waals surface area contributed by atoms with Gasteiger partial charge in [0.15, 0.2) is 0 Å². The number of amides is 1. The van der Waals surface area contributed by atoms with E-state index in [1.165, 1.54) is 38.4 Å². The SMILES string of the molecule is COc1cc(/C(O)=C2\C(=O)C(=O)N(c3ccccc3)C2c2ccccc2OC)c(OC)cc1Cl. The van der Waals surface area contributed by atoms with Crippen LogP contribution >= 0.6 is 11.6 Å². The smallest absolute Gasteiger partial charge is 0.300 e. The first-order chi connectivity index (χ1) is 16.4. The van der Waals surface area contributed by atoms with E-state index in [2.05, 4.69) is 0 Å². The highest BCUT2D eigenvalue weighted by molar-refractivity contribution is 6.51. The number of methoxy groups -OCH3 is 3. The van der Waals surface area contributed by atoms with E-state index in [9.17, 15) is 14.7 Å². The third-order valence-electron chi connectivity index (χ3n) is 5.64. The monoisotopic (exact) mass is 479 g/mol. The van der Waals surface area contributed by atoms with Crippen LogP contribution in [0.2, 0.25) is 5.02 Å². The Balaban J connectivity index is 2.03. The van der Waals surface area contributed by atoms with Crippen molar-refractivity contribution in [1.82, 2.24) is 0 Å². The van der Waals surface area contributed by atoms with Gasteiger partial charge in [-0.25, -0.2) is 0 Å². The summed E-state index contributed by atoms with van der Waals surface area (Å²) in [5, 5.41) is 11.7. The van der Waals surface area contributed by atoms with Gasteiger partial charge in [-0.3, -0.25) is 14.5 Å². The standard InChI is InChI=1S/C26H22ClNO6/c1-32-19-12-8-7-11-16(19)23-22(25(30)26(31)28(23)15-9-5-4-6-10-15)24(29)17-13-21(34-3)18(27)14-20(17)33-2/h4-14,23,29H,1-3H3/b24-22+. The van der Waals surface area contributed by atoms with E-state index in [0.717, 1.165) is 0 Å². The van der Waals surface area contributed by atoms with Crippen LogP contribution < -0.4 is 19.1 Å². The molecule has 7 nitrogen and oxygen atoms in total. The van der Waals surface area contributed by atoms with Crippen LogP contribution in [-0.2, 0) is 9.59 Å². The molecule has 4 rings (SSSR count). The minimum atomic E-state index is -0.954. The molecule has 0 aromatic heterocycles. The lowest BCUT2D eigenvalue weighted by Gasteiger charge is -2.26. The molecule has 1 N–H and O–H groups in total. The van der Waals surface area contributed by atoms with Crippen LogP contribution in [0.15, 0.2) is 72.3 Å². The highest BCUT2D eigenvalue weighted by atomic mass is 35.5. The first kappa shape index (κ1) is 23.2. The maximum atomic E-state index is 13.4. The molecule has 0 spiro atoms. The molecular formula is C26H22ClNO6. The fraction of sp³-hybridized carbons (Fsp3) is 0.154. The Bertz CT molecular complexity index is 1290. The van der Waals surface area contributed by atoms with Gasteiger partial charge in [-0.15, -0.1) is 0 Å². The Hall–Kier alpha value is -3.97. The Morgan fingerprint density at radius 2 is 1.47 bits per heavy atom. The van der Waals surface area contributed by atoms with E-state index in [-0.39, 0.29) is 27.7 Å². The van der Waals surface area contributed by atoms with E-state index >= 15 is 0 Å². The number of ether oxygens (including phenoxy) is 3. The maximum Gasteiger partial charge on any atom is 0.300 e. The third-order valence-corrected chi connectivity index (χ3v) is 5.94. The molecule has 8 heteroatoms. The minimum Gasteiger partial charge on any atom is -0.507 e. The van der Waals surface area contributed by atoms with Gasteiger partial charge < -0.3 is 19.3 Å². The molecule has 174 valence electrons. The van der Waals surface area contributed by atoms with Gasteiger partial charge in [-0.05, 0) is 24.3 Å². The number of halogens is 1. The molecule has 1 fully saturated rings. The summed E-state index contributed by atoms with van der Waals surface area (Å²) in [4.78, 5) is 28.0. The normalized spacial score (nSPS) is 17.1. The zero-order chi connectivity index (χ0) is 24.4. The van der Waals surface area contributed by atoms with Crippen molar-refractivity contribution in [1.29, 1.82) is 0 Å². The molecule has 34 heavy (non-hydrogen) atoms. The zero-order valence-corrected chi connectivity index (χ0v) is 19.5. The molecule has 0 aliphatic carbocycles. The molecule has 1 heterocycles. The van der Waals surface area contributed by atoms with Gasteiger partial charge >= 0.3 is 0 Å². The van der Waals surface area contributed by atoms with Gasteiger partial charge in [0, 0.05) is 17.3 Å². The number of rotatable bonds is 6. The second-order valence-electron chi connectivity index (χ2n) is 7.43. The predicted octanol–water partition coefficient (Wildman–Crippen LogP) is 4.99. The number of anilines is 1. The van der Waals surface area contributed by atoms with Crippen LogP contribution in [0.1, 0.15) is 17.2 Å².